The Bertz CT molecular complexity index is 806. The average Bonchev–Trinajstić information content (AvgIpc) is 3.24. The van der Waals surface area contributed by atoms with Crippen LogP contribution < -0.4 is 5.32 Å². The Balaban J connectivity index is 1.40. The number of aromatic nitrogens is 3. The van der Waals surface area contributed by atoms with Gasteiger partial charge in [0.25, 0.3) is 5.91 Å². The maximum absolute atomic E-state index is 13.3. The SMILES string of the molecule is O=C(c1cn(C2CCNCC2)nn1)N(C1CC1)C1CCc2ccccc21. The predicted octanol–water partition coefficient (Wildman–Crippen LogP) is 2.49. The molecule has 2 aromatic rings. The van der Waals surface area contributed by atoms with Crippen LogP contribution >= 0.6 is 0 Å². The molecule has 1 saturated carbocycles. The first-order chi connectivity index (χ1) is 12.8. The van der Waals surface area contributed by atoms with Crippen LogP contribution in [0.4, 0.5) is 0 Å². The second-order valence-corrected chi connectivity index (χ2v) is 7.76. The third kappa shape index (κ3) is 2.82. The molecule has 1 aliphatic heterocycles. The third-order valence-corrected chi connectivity index (χ3v) is 6.02. The number of piperidine rings is 1. The number of nitrogens with zero attached hydrogens (tertiary/aromatic N) is 4. The Labute approximate surface area is 153 Å². The van der Waals surface area contributed by atoms with Crippen LogP contribution in [0.1, 0.15) is 65.8 Å². The molecule has 1 atom stereocenters. The number of carbonyl (C=O) groups is 1. The number of benzene rings is 1. The van der Waals surface area contributed by atoms with E-state index in [1.54, 1.807) is 0 Å². The van der Waals surface area contributed by atoms with Crippen molar-refractivity contribution >= 4 is 5.91 Å². The normalized spacial score (nSPS) is 23.0. The molecule has 26 heavy (non-hydrogen) atoms. The second-order valence-electron chi connectivity index (χ2n) is 7.76. The van der Waals surface area contributed by atoms with Crippen LogP contribution in [0.25, 0.3) is 0 Å². The molecule has 6 heteroatoms. The van der Waals surface area contributed by atoms with E-state index in [4.69, 9.17) is 0 Å². The summed E-state index contributed by atoms with van der Waals surface area (Å²) in [5.41, 5.74) is 3.20. The van der Waals surface area contributed by atoms with Crippen LogP contribution in [0.2, 0.25) is 0 Å². The highest BCUT2D eigenvalue weighted by atomic mass is 16.2. The van der Waals surface area contributed by atoms with E-state index in [-0.39, 0.29) is 11.9 Å². The lowest BCUT2D eigenvalue weighted by Crippen LogP contribution is -2.36. The Morgan fingerprint density at radius 1 is 1.12 bits per heavy atom. The monoisotopic (exact) mass is 351 g/mol. The summed E-state index contributed by atoms with van der Waals surface area (Å²) in [5, 5.41) is 11.9. The lowest BCUT2D eigenvalue weighted by molar-refractivity contribution is 0.0652. The first kappa shape index (κ1) is 16.0. The van der Waals surface area contributed by atoms with Gasteiger partial charge < -0.3 is 10.2 Å². The van der Waals surface area contributed by atoms with Crippen molar-refractivity contribution in [2.75, 3.05) is 13.1 Å². The number of amides is 1. The zero-order chi connectivity index (χ0) is 17.5. The Morgan fingerprint density at radius 3 is 2.73 bits per heavy atom. The van der Waals surface area contributed by atoms with Gasteiger partial charge in [-0.15, -0.1) is 5.10 Å². The van der Waals surface area contributed by atoms with Gasteiger partial charge in [-0.1, -0.05) is 29.5 Å². The highest BCUT2D eigenvalue weighted by Gasteiger charge is 2.41. The highest BCUT2D eigenvalue weighted by Crippen LogP contribution is 2.42. The molecule has 1 saturated heterocycles. The summed E-state index contributed by atoms with van der Waals surface area (Å²) in [7, 11) is 0. The number of carbonyl (C=O) groups excluding carboxylic acids is 1. The van der Waals surface area contributed by atoms with Crippen molar-refractivity contribution in [3.8, 4) is 0 Å². The zero-order valence-electron chi connectivity index (χ0n) is 15.0. The molecule has 1 amide bonds. The van der Waals surface area contributed by atoms with E-state index in [1.165, 1.54) is 11.1 Å². The third-order valence-electron chi connectivity index (χ3n) is 6.02. The molecule has 1 aromatic heterocycles. The number of rotatable bonds is 4. The Kier molecular flexibility index (Phi) is 4.00. The van der Waals surface area contributed by atoms with Crippen LogP contribution in [0.15, 0.2) is 30.5 Å². The van der Waals surface area contributed by atoms with Crippen LogP contribution in [-0.4, -0.2) is 44.9 Å². The highest BCUT2D eigenvalue weighted by molar-refractivity contribution is 5.92. The zero-order valence-corrected chi connectivity index (χ0v) is 15.0. The molecule has 1 aromatic carbocycles. The number of aryl methyl sites for hydroxylation is 1. The minimum absolute atomic E-state index is 0.0504. The fourth-order valence-electron chi connectivity index (χ4n) is 4.49. The van der Waals surface area contributed by atoms with E-state index in [0.717, 1.165) is 51.6 Å². The summed E-state index contributed by atoms with van der Waals surface area (Å²) < 4.78 is 1.90. The van der Waals surface area contributed by atoms with Crippen molar-refractivity contribution in [3.63, 3.8) is 0 Å². The topological polar surface area (TPSA) is 63.1 Å². The molecule has 6 nitrogen and oxygen atoms in total. The summed E-state index contributed by atoms with van der Waals surface area (Å²) in [6, 6.07) is 9.46. The Morgan fingerprint density at radius 2 is 1.92 bits per heavy atom. The van der Waals surface area contributed by atoms with Gasteiger partial charge in [-0.3, -0.25) is 4.79 Å². The molecule has 1 N–H and O–H groups in total. The Hall–Kier alpha value is -2.21. The second kappa shape index (κ2) is 6.50. The van der Waals surface area contributed by atoms with Gasteiger partial charge in [0.2, 0.25) is 0 Å². The van der Waals surface area contributed by atoms with Gasteiger partial charge >= 0.3 is 0 Å². The number of fused-ring (bicyclic) bond motifs is 1. The molecule has 5 rings (SSSR count). The number of hydrogen-bond donors (Lipinski definition) is 1. The summed E-state index contributed by atoms with van der Waals surface area (Å²) in [6.07, 6.45) is 8.23. The maximum atomic E-state index is 13.3. The van der Waals surface area contributed by atoms with E-state index in [0.29, 0.717) is 17.8 Å². The van der Waals surface area contributed by atoms with Crippen LogP contribution in [-0.2, 0) is 6.42 Å². The maximum Gasteiger partial charge on any atom is 0.276 e. The van der Waals surface area contributed by atoms with Gasteiger partial charge in [-0.2, -0.15) is 0 Å². The number of hydrogen-bond acceptors (Lipinski definition) is 4. The average molecular weight is 351 g/mol. The van der Waals surface area contributed by atoms with E-state index in [9.17, 15) is 4.79 Å². The lowest BCUT2D eigenvalue weighted by Gasteiger charge is -2.29. The van der Waals surface area contributed by atoms with Crippen LogP contribution in [0.3, 0.4) is 0 Å². The van der Waals surface area contributed by atoms with Crippen LogP contribution in [0, 0.1) is 0 Å². The first-order valence-electron chi connectivity index (χ1n) is 9.84. The van der Waals surface area contributed by atoms with Gasteiger partial charge in [-0.05, 0) is 62.7 Å². The smallest absolute Gasteiger partial charge is 0.276 e. The molecular weight excluding hydrogens is 326 g/mol. The molecule has 2 heterocycles. The minimum atomic E-state index is 0.0504. The molecule has 0 bridgehead atoms. The summed E-state index contributed by atoms with van der Waals surface area (Å²) >= 11 is 0. The summed E-state index contributed by atoms with van der Waals surface area (Å²) in [6.45, 7) is 2.00. The molecule has 0 radical (unpaired) electrons. The van der Waals surface area contributed by atoms with Crippen molar-refractivity contribution in [1.82, 2.24) is 25.2 Å². The quantitative estimate of drug-likeness (QED) is 0.919. The summed E-state index contributed by atoms with van der Waals surface area (Å²) in [5.74, 6) is 0.0504. The fourth-order valence-corrected chi connectivity index (χ4v) is 4.49. The van der Waals surface area contributed by atoms with Gasteiger partial charge in [0.05, 0.1) is 18.3 Å². The molecule has 2 aliphatic carbocycles. The van der Waals surface area contributed by atoms with Crippen molar-refractivity contribution in [2.45, 2.75) is 56.7 Å². The van der Waals surface area contributed by atoms with Gasteiger partial charge in [0.1, 0.15) is 0 Å². The molecule has 3 aliphatic rings. The molecule has 136 valence electrons. The van der Waals surface area contributed by atoms with E-state index in [2.05, 4.69) is 44.8 Å². The predicted molar refractivity (Wildman–Crippen MR) is 97.9 cm³/mol. The molecular formula is C20H25N5O. The lowest BCUT2D eigenvalue weighted by atomic mass is 10.1. The van der Waals surface area contributed by atoms with Crippen molar-refractivity contribution < 1.29 is 4.79 Å². The van der Waals surface area contributed by atoms with Crippen molar-refractivity contribution in [3.05, 3.63) is 47.3 Å². The van der Waals surface area contributed by atoms with Crippen LogP contribution in [0.5, 0.6) is 0 Å². The van der Waals surface area contributed by atoms with E-state index in [1.807, 2.05) is 10.9 Å². The van der Waals surface area contributed by atoms with E-state index >= 15 is 0 Å². The van der Waals surface area contributed by atoms with Gasteiger partial charge in [0.15, 0.2) is 5.69 Å². The standard InChI is InChI=1S/C20H25N5O/c26-20(18-13-24(23-22-18)15-9-11-21-12-10-15)25(16-6-7-16)19-8-5-14-3-1-2-4-17(14)19/h1-4,13,15-16,19,21H,5-12H2. The van der Waals surface area contributed by atoms with Gasteiger partial charge in [0, 0.05) is 6.04 Å². The van der Waals surface area contributed by atoms with Crippen molar-refractivity contribution in [2.24, 2.45) is 0 Å². The molecule has 2 fully saturated rings. The molecule has 1 unspecified atom stereocenters. The largest absolute Gasteiger partial charge is 0.327 e. The molecule has 0 spiro atoms. The summed E-state index contributed by atoms with van der Waals surface area (Å²) in [4.78, 5) is 15.4. The van der Waals surface area contributed by atoms with Gasteiger partial charge in [-0.25, -0.2) is 4.68 Å². The van der Waals surface area contributed by atoms with E-state index < -0.39 is 0 Å². The minimum Gasteiger partial charge on any atom is -0.327 e. The first-order valence-corrected chi connectivity index (χ1v) is 9.84. The fraction of sp³-hybridized carbons (Fsp3) is 0.550. The number of nitrogens with one attached hydrogen (secondary N) is 1. The van der Waals surface area contributed by atoms with Crippen molar-refractivity contribution in [1.29, 1.82) is 0 Å².